The van der Waals surface area contributed by atoms with E-state index in [1.807, 2.05) is 0 Å². The fourth-order valence-corrected chi connectivity index (χ4v) is 4.34. The van der Waals surface area contributed by atoms with Crippen molar-refractivity contribution >= 4 is 17.3 Å². The maximum absolute atomic E-state index is 11.5. The van der Waals surface area contributed by atoms with E-state index in [9.17, 15) is 10.1 Å². The Hall–Kier alpha value is -2.74. The number of fused-ring (bicyclic) bond motifs is 1. The molecule has 2 saturated heterocycles. The van der Waals surface area contributed by atoms with Gasteiger partial charge < -0.3 is 24.7 Å². The first-order chi connectivity index (χ1) is 12.7. The summed E-state index contributed by atoms with van der Waals surface area (Å²) in [4.78, 5) is 15.4. The molecule has 0 radical (unpaired) electrons. The van der Waals surface area contributed by atoms with Crippen LogP contribution in [0.4, 0.5) is 5.82 Å². The molecule has 1 spiro atoms. The van der Waals surface area contributed by atoms with Crippen molar-refractivity contribution in [3.63, 3.8) is 0 Å². The van der Waals surface area contributed by atoms with Crippen LogP contribution >= 0.6 is 0 Å². The Bertz CT molecular complexity index is 1030. The van der Waals surface area contributed by atoms with Crippen LogP contribution < -0.4 is 5.73 Å². The highest BCUT2D eigenvalue weighted by atomic mass is 16.8. The number of esters is 1. The lowest BCUT2D eigenvalue weighted by molar-refractivity contribution is -0.188. The van der Waals surface area contributed by atoms with Crippen LogP contribution in [-0.2, 0) is 29.3 Å². The number of nitrogens with two attached hydrogens (primary N) is 1. The van der Waals surface area contributed by atoms with E-state index in [2.05, 4.69) is 16.2 Å². The van der Waals surface area contributed by atoms with Crippen molar-refractivity contribution in [2.45, 2.75) is 56.1 Å². The van der Waals surface area contributed by atoms with E-state index in [0.29, 0.717) is 11.2 Å². The second kappa shape index (κ2) is 4.75. The highest BCUT2D eigenvalue weighted by molar-refractivity contribution is 5.68. The molecule has 1 aliphatic carbocycles. The third-order valence-electron chi connectivity index (χ3n) is 5.29. The molecule has 3 fully saturated rings. The van der Waals surface area contributed by atoms with Crippen LogP contribution in [0, 0.1) is 11.3 Å². The average molecular weight is 371 g/mol. The first-order valence-corrected chi connectivity index (χ1v) is 8.48. The normalized spacial score (nSPS) is 38.2. The number of carbonyl (C=O) groups excluding carboxylic acids is 1. The summed E-state index contributed by atoms with van der Waals surface area (Å²) >= 11 is 0. The van der Waals surface area contributed by atoms with Gasteiger partial charge in [-0.05, 0) is 26.0 Å². The van der Waals surface area contributed by atoms with Gasteiger partial charge in [0.2, 0.25) is 5.60 Å². The van der Waals surface area contributed by atoms with Gasteiger partial charge in [-0.1, -0.05) is 0 Å². The number of carbonyl (C=O) groups is 1. The minimum absolute atomic E-state index is 0.281. The summed E-state index contributed by atoms with van der Waals surface area (Å²) in [6.45, 7) is 4.82. The molecule has 5 atom stereocenters. The zero-order valence-electron chi connectivity index (χ0n) is 14.9. The van der Waals surface area contributed by atoms with E-state index in [1.54, 1.807) is 26.0 Å². The average Bonchev–Trinajstić information content (AvgIpc) is 2.97. The van der Waals surface area contributed by atoms with Crippen LogP contribution in [0.3, 0.4) is 0 Å². The summed E-state index contributed by atoms with van der Waals surface area (Å²) < 4.78 is 25.2. The van der Waals surface area contributed by atoms with E-state index >= 15 is 0 Å². The Morgan fingerprint density at radius 3 is 2.89 bits per heavy atom. The first kappa shape index (κ1) is 16.4. The number of nitriles is 1. The highest BCUT2D eigenvalue weighted by Crippen LogP contribution is 2.67. The molecular formula is C17H17N5O5. The van der Waals surface area contributed by atoms with Gasteiger partial charge in [-0.3, -0.25) is 4.79 Å². The van der Waals surface area contributed by atoms with E-state index in [4.69, 9.17) is 24.7 Å². The van der Waals surface area contributed by atoms with Crippen LogP contribution in [0.25, 0.3) is 5.52 Å². The lowest BCUT2D eigenvalue weighted by Crippen LogP contribution is -2.46. The molecule has 0 bridgehead atoms. The molecule has 2 unspecified atom stereocenters. The summed E-state index contributed by atoms with van der Waals surface area (Å²) in [7, 11) is 0. The molecule has 4 heterocycles. The Kier molecular flexibility index (Phi) is 2.89. The molecule has 10 heteroatoms. The zero-order valence-corrected chi connectivity index (χ0v) is 14.9. The van der Waals surface area contributed by atoms with Gasteiger partial charge in [0.15, 0.2) is 23.3 Å². The summed E-state index contributed by atoms with van der Waals surface area (Å²) in [5.41, 5.74) is 4.38. The van der Waals surface area contributed by atoms with Crippen molar-refractivity contribution in [1.82, 2.24) is 14.6 Å². The van der Waals surface area contributed by atoms with E-state index in [0.717, 1.165) is 0 Å². The number of hydrogen-bond acceptors (Lipinski definition) is 9. The molecule has 10 nitrogen and oxygen atoms in total. The summed E-state index contributed by atoms with van der Waals surface area (Å²) in [6, 6.07) is 5.66. The molecule has 27 heavy (non-hydrogen) atoms. The number of anilines is 1. The van der Waals surface area contributed by atoms with Gasteiger partial charge in [0.25, 0.3) is 0 Å². The fourth-order valence-electron chi connectivity index (χ4n) is 4.34. The van der Waals surface area contributed by atoms with Crippen LogP contribution in [0.15, 0.2) is 18.5 Å². The highest BCUT2D eigenvalue weighted by Gasteiger charge is 2.89. The molecule has 2 aromatic heterocycles. The molecular weight excluding hydrogens is 354 g/mol. The van der Waals surface area contributed by atoms with Gasteiger partial charge >= 0.3 is 5.97 Å². The fraction of sp³-hybridized carbons (Fsp3) is 0.529. The van der Waals surface area contributed by atoms with Gasteiger partial charge in [-0.15, -0.1) is 0 Å². The van der Waals surface area contributed by atoms with Crippen molar-refractivity contribution in [2.24, 2.45) is 0 Å². The molecule has 2 N–H and O–H groups in total. The lowest BCUT2D eigenvalue weighted by Gasteiger charge is -2.30. The molecule has 2 aromatic rings. The van der Waals surface area contributed by atoms with Gasteiger partial charge in [-0.2, -0.15) is 10.4 Å². The number of nitrogens with zero attached hydrogens (tertiary/aromatic N) is 4. The number of aromatic nitrogens is 3. The maximum atomic E-state index is 11.5. The summed E-state index contributed by atoms with van der Waals surface area (Å²) in [6.07, 6.45) is -0.750. The number of rotatable bonds is 2. The van der Waals surface area contributed by atoms with Gasteiger partial charge in [0.05, 0.1) is 5.69 Å². The van der Waals surface area contributed by atoms with Gasteiger partial charge in [-0.25, -0.2) is 9.50 Å². The van der Waals surface area contributed by atoms with Gasteiger partial charge in [0.1, 0.15) is 30.1 Å². The largest absolute Gasteiger partial charge is 0.456 e. The van der Waals surface area contributed by atoms with Crippen molar-refractivity contribution < 1.29 is 23.7 Å². The Morgan fingerprint density at radius 2 is 2.19 bits per heavy atom. The van der Waals surface area contributed by atoms with Crippen molar-refractivity contribution in [3.05, 3.63) is 24.2 Å². The molecule has 3 aliphatic rings. The Morgan fingerprint density at radius 1 is 1.41 bits per heavy atom. The predicted molar refractivity (Wildman–Crippen MR) is 87.9 cm³/mol. The maximum Gasteiger partial charge on any atom is 0.303 e. The minimum atomic E-state index is -1.50. The molecule has 0 amide bonds. The molecule has 1 saturated carbocycles. The minimum Gasteiger partial charge on any atom is -0.456 e. The molecule has 2 aliphatic heterocycles. The SMILES string of the molecule is CC(=O)OC1[C@H]2OC(C#N)(c3ccc4c(N)ncnn34)[C@@H]3OC(C)(C)O[C@]123. The molecule has 5 rings (SSSR count). The van der Waals surface area contributed by atoms with E-state index < -0.39 is 41.3 Å². The monoisotopic (exact) mass is 371 g/mol. The topological polar surface area (TPSA) is 134 Å². The Labute approximate surface area is 153 Å². The van der Waals surface area contributed by atoms with E-state index in [-0.39, 0.29) is 5.82 Å². The molecule has 0 aromatic carbocycles. The second-order valence-corrected chi connectivity index (χ2v) is 7.43. The van der Waals surface area contributed by atoms with Gasteiger partial charge in [0, 0.05) is 6.92 Å². The first-order valence-electron chi connectivity index (χ1n) is 8.48. The zero-order chi connectivity index (χ0) is 19.2. The predicted octanol–water partition coefficient (Wildman–Crippen LogP) is 0.265. The molecule has 140 valence electrons. The standard InChI is InChI=1S/C17H17N5O5/c1-8(23)24-11-12-17(11)14(26-15(2,3)27-17)16(6-18,25-12)10-5-4-9-13(19)20-7-21-22(9)10/h4-5,7,11-12,14H,1-3H3,(H2,19,20,21)/t11?,12-,14+,16?,17-/m1/s1. The number of nitrogen functional groups attached to an aromatic ring is 1. The van der Waals surface area contributed by atoms with Crippen LogP contribution in [0.1, 0.15) is 26.5 Å². The van der Waals surface area contributed by atoms with E-state index in [1.165, 1.54) is 17.8 Å². The van der Waals surface area contributed by atoms with Crippen LogP contribution in [0.2, 0.25) is 0 Å². The number of ether oxygens (including phenoxy) is 4. The van der Waals surface area contributed by atoms with Crippen molar-refractivity contribution in [3.8, 4) is 6.07 Å². The second-order valence-electron chi connectivity index (χ2n) is 7.43. The van der Waals surface area contributed by atoms with Crippen molar-refractivity contribution in [2.75, 3.05) is 5.73 Å². The third kappa shape index (κ3) is 1.86. The van der Waals surface area contributed by atoms with Crippen molar-refractivity contribution in [1.29, 1.82) is 5.26 Å². The van der Waals surface area contributed by atoms with Crippen LogP contribution in [-0.4, -0.2) is 50.3 Å². The smallest absolute Gasteiger partial charge is 0.303 e. The third-order valence-corrected chi connectivity index (χ3v) is 5.29. The summed E-state index contributed by atoms with van der Waals surface area (Å²) in [5, 5.41) is 14.3. The quantitative estimate of drug-likeness (QED) is 0.738. The number of hydrogen-bond donors (Lipinski definition) is 1. The summed E-state index contributed by atoms with van der Waals surface area (Å²) in [5.74, 6) is -1.13. The Balaban J connectivity index is 1.65. The lowest BCUT2D eigenvalue weighted by atomic mass is 9.90. The van der Waals surface area contributed by atoms with Crippen LogP contribution in [0.5, 0.6) is 0 Å².